The molecule has 0 bridgehead atoms. The average Bonchev–Trinajstić information content (AvgIpc) is 2.48. The molecular weight excluding hydrogens is 276 g/mol. The van der Waals surface area contributed by atoms with E-state index in [-0.39, 0.29) is 6.61 Å². The Bertz CT molecular complexity index is 520. The summed E-state index contributed by atoms with van der Waals surface area (Å²) in [7, 11) is -3.40. The highest BCUT2D eigenvalue weighted by Crippen LogP contribution is 2.18. The maximum Gasteiger partial charge on any atom is 0.243 e. The molecular formula is C14H22N2O3S. The summed E-state index contributed by atoms with van der Waals surface area (Å²) in [5.74, 6) is 0. The van der Waals surface area contributed by atoms with Gasteiger partial charge in [-0.25, -0.2) is 8.42 Å². The second-order valence-corrected chi connectivity index (χ2v) is 6.99. The zero-order valence-corrected chi connectivity index (χ0v) is 12.6. The van der Waals surface area contributed by atoms with Gasteiger partial charge in [0, 0.05) is 26.2 Å². The number of sulfonamides is 1. The molecule has 0 saturated carbocycles. The Morgan fingerprint density at radius 1 is 1.10 bits per heavy atom. The number of aliphatic hydroxyl groups is 1. The van der Waals surface area contributed by atoms with Crippen LogP contribution in [0.2, 0.25) is 0 Å². The van der Waals surface area contributed by atoms with Crippen molar-refractivity contribution in [3.8, 4) is 0 Å². The van der Waals surface area contributed by atoms with Gasteiger partial charge in [-0.15, -0.1) is 0 Å². The van der Waals surface area contributed by atoms with E-state index >= 15 is 0 Å². The van der Waals surface area contributed by atoms with Crippen molar-refractivity contribution in [1.29, 1.82) is 0 Å². The zero-order chi connectivity index (χ0) is 14.6. The molecule has 1 aliphatic heterocycles. The molecule has 0 spiro atoms. The summed E-state index contributed by atoms with van der Waals surface area (Å²) in [6.45, 7) is 5.76. The van der Waals surface area contributed by atoms with E-state index in [1.165, 1.54) is 0 Å². The topological polar surface area (TPSA) is 60.9 Å². The first-order valence-electron chi connectivity index (χ1n) is 7.00. The third kappa shape index (κ3) is 3.38. The van der Waals surface area contributed by atoms with E-state index in [0.29, 0.717) is 18.0 Å². The van der Waals surface area contributed by atoms with Gasteiger partial charge in [0.05, 0.1) is 11.5 Å². The molecule has 2 rings (SSSR count). The van der Waals surface area contributed by atoms with Crippen LogP contribution < -0.4 is 0 Å². The number of nitrogens with zero attached hydrogens (tertiary/aromatic N) is 2. The minimum absolute atomic E-state index is 0.0734. The first kappa shape index (κ1) is 15.4. The average molecular weight is 298 g/mol. The highest BCUT2D eigenvalue weighted by molar-refractivity contribution is 7.89. The Hall–Kier alpha value is -0.950. The largest absolute Gasteiger partial charge is 0.392 e. The second-order valence-electron chi connectivity index (χ2n) is 5.05. The van der Waals surface area contributed by atoms with Crippen LogP contribution >= 0.6 is 0 Å². The van der Waals surface area contributed by atoms with Crippen molar-refractivity contribution in [3.05, 3.63) is 29.8 Å². The van der Waals surface area contributed by atoms with Crippen molar-refractivity contribution in [1.82, 2.24) is 9.21 Å². The minimum Gasteiger partial charge on any atom is -0.392 e. The number of hydrogen-bond donors (Lipinski definition) is 1. The SMILES string of the molecule is CCCN1CCN(S(=O)(=O)c2ccc(CO)cc2)CC1. The standard InChI is InChI=1S/C14H22N2O3S/c1-2-7-15-8-10-16(11-9-15)20(18,19)14-5-3-13(12-17)4-6-14/h3-6,17H,2,7-12H2,1H3. The molecule has 1 aromatic rings. The molecule has 0 radical (unpaired) electrons. The lowest BCUT2D eigenvalue weighted by Gasteiger charge is -2.33. The van der Waals surface area contributed by atoms with Gasteiger partial charge in [0.2, 0.25) is 10.0 Å². The fourth-order valence-corrected chi connectivity index (χ4v) is 3.85. The summed E-state index contributed by atoms with van der Waals surface area (Å²) < 4.78 is 26.5. The minimum atomic E-state index is -3.40. The lowest BCUT2D eigenvalue weighted by atomic mass is 10.2. The molecule has 5 nitrogen and oxygen atoms in total. The third-order valence-corrected chi connectivity index (χ3v) is 5.53. The van der Waals surface area contributed by atoms with Gasteiger partial charge in [0.1, 0.15) is 0 Å². The smallest absolute Gasteiger partial charge is 0.243 e. The number of piperazine rings is 1. The van der Waals surface area contributed by atoms with Crippen molar-refractivity contribution in [2.45, 2.75) is 24.8 Å². The summed E-state index contributed by atoms with van der Waals surface area (Å²) in [6.07, 6.45) is 1.09. The molecule has 1 heterocycles. The summed E-state index contributed by atoms with van der Waals surface area (Å²) >= 11 is 0. The molecule has 112 valence electrons. The molecule has 0 aliphatic carbocycles. The van der Waals surface area contributed by atoms with Crippen LogP contribution in [0.4, 0.5) is 0 Å². The molecule has 20 heavy (non-hydrogen) atoms. The van der Waals surface area contributed by atoms with Crippen LogP contribution in [0.15, 0.2) is 29.2 Å². The Morgan fingerprint density at radius 2 is 1.70 bits per heavy atom. The normalized spacial score (nSPS) is 18.3. The summed E-state index contributed by atoms with van der Waals surface area (Å²) in [4.78, 5) is 2.60. The number of rotatable bonds is 5. The van der Waals surface area contributed by atoms with Crippen molar-refractivity contribution in [2.75, 3.05) is 32.7 Å². The number of aliphatic hydroxyl groups excluding tert-OH is 1. The molecule has 1 N–H and O–H groups in total. The summed E-state index contributed by atoms with van der Waals surface area (Å²) in [5, 5.41) is 8.99. The maximum absolute atomic E-state index is 12.5. The Balaban J connectivity index is 2.07. The van der Waals surface area contributed by atoms with Crippen molar-refractivity contribution < 1.29 is 13.5 Å². The van der Waals surface area contributed by atoms with Crippen LogP contribution in [0.25, 0.3) is 0 Å². The zero-order valence-electron chi connectivity index (χ0n) is 11.8. The van der Waals surface area contributed by atoms with E-state index in [4.69, 9.17) is 5.11 Å². The quantitative estimate of drug-likeness (QED) is 0.877. The van der Waals surface area contributed by atoms with E-state index < -0.39 is 10.0 Å². The summed E-state index contributed by atoms with van der Waals surface area (Å²) in [5.41, 5.74) is 0.719. The molecule has 1 saturated heterocycles. The molecule has 1 aromatic carbocycles. The van der Waals surface area contributed by atoms with Gasteiger partial charge in [-0.1, -0.05) is 19.1 Å². The number of benzene rings is 1. The Kier molecular flexibility index (Phi) is 5.15. The molecule has 0 aromatic heterocycles. The molecule has 6 heteroatoms. The van der Waals surface area contributed by atoms with Crippen LogP contribution in [0.3, 0.4) is 0 Å². The predicted molar refractivity (Wildman–Crippen MR) is 77.9 cm³/mol. The first-order valence-corrected chi connectivity index (χ1v) is 8.44. The highest BCUT2D eigenvalue weighted by atomic mass is 32.2. The van der Waals surface area contributed by atoms with Gasteiger partial charge < -0.3 is 10.0 Å². The van der Waals surface area contributed by atoms with Crippen LogP contribution in [-0.4, -0.2) is 55.5 Å². The molecule has 0 unspecified atom stereocenters. The van der Waals surface area contributed by atoms with Gasteiger partial charge in [0.15, 0.2) is 0 Å². The van der Waals surface area contributed by atoms with Gasteiger partial charge >= 0.3 is 0 Å². The molecule has 1 aliphatic rings. The van der Waals surface area contributed by atoms with Crippen molar-refractivity contribution in [2.24, 2.45) is 0 Å². The fraction of sp³-hybridized carbons (Fsp3) is 0.571. The van der Waals surface area contributed by atoms with Crippen molar-refractivity contribution in [3.63, 3.8) is 0 Å². The Morgan fingerprint density at radius 3 is 2.20 bits per heavy atom. The van der Waals surface area contributed by atoms with Crippen LogP contribution in [0.5, 0.6) is 0 Å². The maximum atomic E-state index is 12.5. The van der Waals surface area contributed by atoms with Gasteiger partial charge in [-0.05, 0) is 30.7 Å². The van der Waals surface area contributed by atoms with E-state index in [0.717, 1.165) is 31.6 Å². The second kappa shape index (κ2) is 6.67. The van der Waals surface area contributed by atoms with Crippen LogP contribution in [-0.2, 0) is 16.6 Å². The summed E-state index contributed by atoms with van der Waals surface area (Å²) in [6, 6.07) is 6.44. The predicted octanol–water partition coefficient (Wildman–Crippen LogP) is 0.895. The lowest BCUT2D eigenvalue weighted by molar-refractivity contribution is 0.188. The van der Waals surface area contributed by atoms with Crippen LogP contribution in [0.1, 0.15) is 18.9 Å². The monoisotopic (exact) mass is 298 g/mol. The number of hydrogen-bond acceptors (Lipinski definition) is 4. The van der Waals surface area contributed by atoms with Crippen molar-refractivity contribution >= 4 is 10.0 Å². The highest BCUT2D eigenvalue weighted by Gasteiger charge is 2.27. The van der Waals surface area contributed by atoms with Gasteiger partial charge in [-0.3, -0.25) is 0 Å². The van der Waals surface area contributed by atoms with E-state index in [2.05, 4.69) is 11.8 Å². The molecule has 0 atom stereocenters. The van der Waals surface area contributed by atoms with Gasteiger partial charge in [-0.2, -0.15) is 4.31 Å². The Labute approximate surface area is 120 Å². The van der Waals surface area contributed by atoms with Gasteiger partial charge in [0.25, 0.3) is 0 Å². The molecule has 1 fully saturated rings. The van der Waals surface area contributed by atoms with E-state index in [9.17, 15) is 8.42 Å². The molecule has 0 amide bonds. The third-order valence-electron chi connectivity index (χ3n) is 3.61. The fourth-order valence-electron chi connectivity index (χ4n) is 2.43. The first-order chi connectivity index (χ1) is 9.57. The van der Waals surface area contributed by atoms with E-state index in [1.54, 1.807) is 28.6 Å². The van der Waals surface area contributed by atoms with E-state index in [1.807, 2.05) is 0 Å². The van der Waals surface area contributed by atoms with Crippen LogP contribution in [0, 0.1) is 0 Å². The lowest BCUT2D eigenvalue weighted by Crippen LogP contribution is -2.48.